The molecular weight excluding hydrogens is 715 g/mol. The first-order chi connectivity index (χ1) is 29.3. The molecule has 0 spiro atoms. The number of para-hydroxylation sites is 3. The average Bonchev–Trinajstić information content (AvgIpc) is 3.82. The minimum atomic E-state index is 1.10. The van der Waals surface area contributed by atoms with E-state index in [1.54, 1.807) is 0 Å². The highest BCUT2D eigenvalue weighted by Crippen LogP contribution is 2.44. The molecule has 12 aromatic rings. The molecule has 0 bridgehead atoms. The molecule has 0 saturated carbocycles. The molecule has 3 heteroatoms. The van der Waals surface area contributed by atoms with Crippen molar-refractivity contribution in [2.45, 2.75) is 0 Å². The minimum absolute atomic E-state index is 1.10. The van der Waals surface area contributed by atoms with Crippen LogP contribution in [0.25, 0.3) is 87.7 Å². The van der Waals surface area contributed by atoms with Crippen molar-refractivity contribution in [1.82, 2.24) is 9.13 Å². The summed E-state index contributed by atoms with van der Waals surface area (Å²) >= 11 is 0. The summed E-state index contributed by atoms with van der Waals surface area (Å²) < 4.78 is 4.83. The monoisotopic (exact) mass is 751 g/mol. The highest BCUT2D eigenvalue weighted by atomic mass is 15.1. The molecule has 0 aliphatic heterocycles. The number of aromatic nitrogens is 2. The second kappa shape index (κ2) is 13.4. The van der Waals surface area contributed by atoms with Crippen molar-refractivity contribution in [2.75, 3.05) is 4.90 Å². The fraction of sp³-hybridized carbons (Fsp3) is 0. The Hall–Kier alpha value is -7.88. The van der Waals surface area contributed by atoms with Crippen molar-refractivity contribution < 1.29 is 0 Å². The molecule has 0 N–H and O–H groups in total. The van der Waals surface area contributed by atoms with Crippen LogP contribution in [0.4, 0.5) is 17.1 Å². The van der Waals surface area contributed by atoms with Gasteiger partial charge in [-0.05, 0) is 112 Å². The van der Waals surface area contributed by atoms with E-state index in [-0.39, 0.29) is 0 Å². The Kier molecular flexibility index (Phi) is 7.54. The summed E-state index contributed by atoms with van der Waals surface area (Å²) in [7, 11) is 0. The summed E-state index contributed by atoms with van der Waals surface area (Å²) in [6, 6.07) is 81.8. The van der Waals surface area contributed by atoms with Crippen LogP contribution in [0.1, 0.15) is 0 Å². The van der Waals surface area contributed by atoms with Crippen molar-refractivity contribution >= 4 is 82.2 Å². The highest BCUT2D eigenvalue weighted by Gasteiger charge is 2.21. The summed E-state index contributed by atoms with van der Waals surface area (Å²) in [4.78, 5) is 2.41. The van der Waals surface area contributed by atoms with E-state index in [2.05, 4.69) is 238 Å². The maximum absolute atomic E-state index is 2.42. The van der Waals surface area contributed by atoms with Gasteiger partial charge in [0.1, 0.15) is 0 Å². The number of nitrogens with zero attached hydrogens (tertiary/aromatic N) is 3. The number of fused-ring (bicyclic) bond motifs is 8. The van der Waals surface area contributed by atoms with E-state index in [9.17, 15) is 0 Å². The molecule has 2 heterocycles. The molecule has 0 amide bonds. The molecular formula is C56H37N3. The summed E-state index contributed by atoms with van der Waals surface area (Å²) in [5.41, 5.74) is 12.8. The summed E-state index contributed by atoms with van der Waals surface area (Å²) in [5.74, 6) is 0. The predicted molar refractivity (Wildman–Crippen MR) is 250 cm³/mol. The normalized spacial score (nSPS) is 11.7. The van der Waals surface area contributed by atoms with E-state index in [1.807, 2.05) is 0 Å². The molecule has 0 unspecified atom stereocenters. The van der Waals surface area contributed by atoms with E-state index in [0.29, 0.717) is 0 Å². The lowest BCUT2D eigenvalue weighted by Crippen LogP contribution is -2.10. The maximum Gasteiger partial charge on any atom is 0.0562 e. The van der Waals surface area contributed by atoms with Crippen LogP contribution in [0.5, 0.6) is 0 Å². The number of anilines is 3. The van der Waals surface area contributed by atoms with Crippen LogP contribution < -0.4 is 4.90 Å². The smallest absolute Gasteiger partial charge is 0.0562 e. The van der Waals surface area contributed by atoms with Crippen molar-refractivity contribution in [3.05, 3.63) is 224 Å². The zero-order valence-corrected chi connectivity index (χ0v) is 32.2. The van der Waals surface area contributed by atoms with Crippen molar-refractivity contribution in [3.63, 3.8) is 0 Å². The zero-order valence-electron chi connectivity index (χ0n) is 32.2. The second-order valence-electron chi connectivity index (χ2n) is 15.4. The first kappa shape index (κ1) is 33.3. The fourth-order valence-corrected chi connectivity index (χ4v) is 9.33. The largest absolute Gasteiger partial charge is 0.310 e. The Morgan fingerprint density at radius 3 is 1.49 bits per heavy atom. The lowest BCUT2D eigenvalue weighted by atomic mass is 10.0. The third-order valence-corrected chi connectivity index (χ3v) is 12.0. The lowest BCUT2D eigenvalue weighted by molar-refractivity contribution is 1.18. The van der Waals surface area contributed by atoms with Gasteiger partial charge in [0.15, 0.2) is 0 Å². The van der Waals surface area contributed by atoms with Crippen LogP contribution in [0.3, 0.4) is 0 Å². The van der Waals surface area contributed by atoms with Gasteiger partial charge in [-0.3, -0.25) is 0 Å². The highest BCUT2D eigenvalue weighted by molar-refractivity contribution is 6.17. The molecule has 59 heavy (non-hydrogen) atoms. The number of rotatable bonds is 6. The van der Waals surface area contributed by atoms with Gasteiger partial charge in [0.2, 0.25) is 0 Å². The summed E-state index contributed by atoms with van der Waals surface area (Å²) in [6.07, 6.45) is 0. The molecule has 0 radical (unpaired) electrons. The molecule has 0 fully saturated rings. The van der Waals surface area contributed by atoms with Crippen LogP contribution in [0.2, 0.25) is 0 Å². The van der Waals surface area contributed by atoms with Crippen LogP contribution in [0, 0.1) is 0 Å². The molecule has 3 nitrogen and oxygen atoms in total. The quantitative estimate of drug-likeness (QED) is 0.165. The zero-order chi connectivity index (χ0) is 38.9. The third-order valence-electron chi connectivity index (χ3n) is 12.0. The number of hydrogen-bond donors (Lipinski definition) is 0. The van der Waals surface area contributed by atoms with E-state index in [1.165, 1.54) is 76.3 Å². The van der Waals surface area contributed by atoms with Crippen LogP contribution in [0.15, 0.2) is 224 Å². The van der Waals surface area contributed by atoms with E-state index >= 15 is 0 Å². The maximum atomic E-state index is 2.42. The molecule has 0 atom stereocenters. The lowest BCUT2D eigenvalue weighted by Gasteiger charge is -2.26. The van der Waals surface area contributed by atoms with Gasteiger partial charge in [0.25, 0.3) is 0 Å². The molecule has 12 rings (SSSR count). The number of hydrogen-bond acceptors (Lipinski definition) is 1. The van der Waals surface area contributed by atoms with Crippen LogP contribution in [-0.2, 0) is 0 Å². The van der Waals surface area contributed by atoms with Gasteiger partial charge in [-0.1, -0.05) is 146 Å². The Balaban J connectivity index is 1.00. The van der Waals surface area contributed by atoms with Crippen molar-refractivity contribution in [1.29, 1.82) is 0 Å². The van der Waals surface area contributed by atoms with Crippen molar-refractivity contribution in [2.24, 2.45) is 0 Å². The van der Waals surface area contributed by atoms with E-state index < -0.39 is 0 Å². The first-order valence-corrected chi connectivity index (χ1v) is 20.3. The standard InChI is InChI=1S/C56H37N3/c1-2-17-44(18-3-1)57(53-23-12-24-54-56(53)50-20-9-11-22-52(50)58(54)46-32-27-38-13-4-6-15-41(38)35-46)45-30-25-40(26-31-45)43-29-34-49-48-19-8-10-21-51(48)59(55(49)37-43)47-33-28-39-14-5-7-16-42(39)36-47/h1-37H. The van der Waals surface area contributed by atoms with Gasteiger partial charge in [-0.2, -0.15) is 0 Å². The van der Waals surface area contributed by atoms with Gasteiger partial charge in [0, 0.05) is 44.3 Å². The Morgan fingerprint density at radius 2 is 0.797 bits per heavy atom. The molecule has 0 aliphatic rings. The molecule has 2 aromatic heterocycles. The molecule has 0 aliphatic carbocycles. The molecule has 0 saturated heterocycles. The first-order valence-electron chi connectivity index (χ1n) is 20.3. The van der Waals surface area contributed by atoms with Gasteiger partial charge >= 0.3 is 0 Å². The topological polar surface area (TPSA) is 13.1 Å². The van der Waals surface area contributed by atoms with Gasteiger partial charge in [0.05, 0.1) is 27.8 Å². The van der Waals surface area contributed by atoms with Gasteiger partial charge < -0.3 is 14.0 Å². The SMILES string of the molecule is c1ccc(N(c2ccc(-c3ccc4c5ccccc5n(-c5ccc6ccccc6c5)c4c3)cc2)c2cccc3c2c2ccccc2n3-c2ccc3ccccc3c2)cc1. The van der Waals surface area contributed by atoms with Gasteiger partial charge in [-0.25, -0.2) is 0 Å². The Bertz CT molecular complexity index is 3560. The van der Waals surface area contributed by atoms with Gasteiger partial charge in [-0.15, -0.1) is 0 Å². The molecule has 10 aromatic carbocycles. The van der Waals surface area contributed by atoms with E-state index in [4.69, 9.17) is 0 Å². The third kappa shape index (κ3) is 5.36. The van der Waals surface area contributed by atoms with Crippen molar-refractivity contribution in [3.8, 4) is 22.5 Å². The summed E-state index contributed by atoms with van der Waals surface area (Å²) in [6.45, 7) is 0. The molecule has 276 valence electrons. The average molecular weight is 752 g/mol. The predicted octanol–water partition coefficient (Wildman–Crippen LogP) is 15.3. The Labute approximate surface area is 341 Å². The fourth-order valence-electron chi connectivity index (χ4n) is 9.33. The second-order valence-corrected chi connectivity index (χ2v) is 15.4. The number of benzene rings is 10. The van der Waals surface area contributed by atoms with Crippen LogP contribution in [-0.4, -0.2) is 9.13 Å². The van der Waals surface area contributed by atoms with Crippen LogP contribution >= 0.6 is 0 Å². The Morgan fingerprint density at radius 1 is 0.288 bits per heavy atom. The summed E-state index contributed by atoms with van der Waals surface area (Å²) in [5, 5.41) is 9.90. The minimum Gasteiger partial charge on any atom is -0.310 e. The van der Waals surface area contributed by atoms with E-state index in [0.717, 1.165) is 28.4 Å².